The van der Waals surface area contributed by atoms with Gasteiger partial charge in [-0.25, -0.2) is 4.39 Å². The standard InChI is InChI=1S/C19H30FN3O2S.HI/c1-4-26(24)17-7-5-6-16(12-17)23-19(21-2)22-13-18(25-3)14-8-10-15(20)11-9-14;/h8-11,16-18H,4-7,12-13H2,1-3H3,(H2,21,22,23);1H. The van der Waals surface area contributed by atoms with E-state index in [1.54, 1.807) is 26.3 Å². The summed E-state index contributed by atoms with van der Waals surface area (Å²) in [4.78, 5) is 4.29. The Hall–Kier alpha value is -0.740. The number of ether oxygens (including phenoxy) is 1. The molecule has 2 N–H and O–H groups in total. The number of nitrogens with one attached hydrogen (secondary N) is 2. The van der Waals surface area contributed by atoms with E-state index in [1.807, 2.05) is 6.92 Å². The smallest absolute Gasteiger partial charge is 0.191 e. The fraction of sp³-hybridized carbons (Fsp3) is 0.632. The van der Waals surface area contributed by atoms with Crippen LogP contribution in [0.4, 0.5) is 4.39 Å². The fourth-order valence-corrected chi connectivity index (χ4v) is 4.69. The molecule has 2 rings (SSSR count). The molecule has 0 spiro atoms. The Balaban J connectivity index is 0.00000364. The molecule has 1 aromatic carbocycles. The molecule has 0 bridgehead atoms. The van der Waals surface area contributed by atoms with Gasteiger partial charge in [0.2, 0.25) is 0 Å². The third-order valence-electron chi connectivity index (χ3n) is 4.83. The molecule has 0 heterocycles. The summed E-state index contributed by atoms with van der Waals surface area (Å²) in [5.41, 5.74) is 0.910. The van der Waals surface area contributed by atoms with Crippen molar-refractivity contribution in [2.45, 2.75) is 50.0 Å². The Kier molecular flexibility index (Phi) is 11.4. The maximum Gasteiger partial charge on any atom is 0.191 e. The predicted molar refractivity (Wildman–Crippen MR) is 121 cm³/mol. The summed E-state index contributed by atoms with van der Waals surface area (Å²) in [5, 5.41) is 7.00. The number of methoxy groups -OCH3 is 1. The second-order valence-corrected chi connectivity index (χ2v) is 8.53. The minimum Gasteiger partial charge on any atom is -0.375 e. The summed E-state index contributed by atoms with van der Waals surface area (Å²) in [6.07, 6.45) is 3.90. The molecule has 4 atom stereocenters. The van der Waals surface area contributed by atoms with E-state index in [9.17, 15) is 8.60 Å². The van der Waals surface area contributed by atoms with Gasteiger partial charge in [-0.3, -0.25) is 9.20 Å². The zero-order valence-corrected chi connectivity index (χ0v) is 19.4. The van der Waals surface area contributed by atoms with Crippen molar-refractivity contribution in [1.82, 2.24) is 10.6 Å². The van der Waals surface area contributed by atoms with Gasteiger partial charge in [0.05, 0.1) is 6.10 Å². The topological polar surface area (TPSA) is 62.7 Å². The average Bonchev–Trinajstić information content (AvgIpc) is 2.68. The van der Waals surface area contributed by atoms with Crippen LogP contribution in [0.25, 0.3) is 0 Å². The van der Waals surface area contributed by atoms with E-state index in [0.29, 0.717) is 12.5 Å². The van der Waals surface area contributed by atoms with Crippen molar-refractivity contribution in [3.05, 3.63) is 35.6 Å². The molecule has 1 aliphatic carbocycles. The lowest BCUT2D eigenvalue weighted by Crippen LogP contribution is -2.47. The maximum atomic E-state index is 13.1. The molecule has 1 fully saturated rings. The lowest BCUT2D eigenvalue weighted by molar-refractivity contribution is 0.106. The van der Waals surface area contributed by atoms with Gasteiger partial charge in [-0.1, -0.05) is 25.5 Å². The first-order valence-corrected chi connectivity index (χ1v) is 10.6. The van der Waals surface area contributed by atoms with E-state index < -0.39 is 10.8 Å². The number of aliphatic imine (C=N–C) groups is 1. The summed E-state index contributed by atoms with van der Waals surface area (Å²) < 4.78 is 30.7. The molecule has 0 amide bonds. The highest BCUT2D eigenvalue weighted by Gasteiger charge is 2.26. The number of rotatable bonds is 7. The van der Waals surface area contributed by atoms with Crippen LogP contribution in [-0.4, -0.2) is 47.9 Å². The highest BCUT2D eigenvalue weighted by Crippen LogP contribution is 2.23. The third kappa shape index (κ3) is 7.65. The molecule has 1 saturated carbocycles. The lowest BCUT2D eigenvalue weighted by Gasteiger charge is -2.30. The van der Waals surface area contributed by atoms with Gasteiger partial charge < -0.3 is 15.4 Å². The summed E-state index contributed by atoms with van der Waals surface area (Å²) in [5.74, 6) is 1.17. The molecular weight excluding hydrogens is 480 g/mol. The van der Waals surface area contributed by atoms with Crippen LogP contribution in [0.1, 0.15) is 44.3 Å². The largest absolute Gasteiger partial charge is 0.375 e. The van der Waals surface area contributed by atoms with Gasteiger partial charge in [-0.05, 0) is 37.0 Å². The average molecular weight is 511 g/mol. The molecule has 1 aromatic rings. The minimum absolute atomic E-state index is 0. The van der Waals surface area contributed by atoms with Crippen LogP contribution in [0.3, 0.4) is 0 Å². The maximum absolute atomic E-state index is 13.1. The molecule has 0 aliphatic heterocycles. The molecule has 154 valence electrons. The monoisotopic (exact) mass is 511 g/mol. The molecule has 1 aliphatic rings. The summed E-state index contributed by atoms with van der Waals surface area (Å²) in [7, 11) is 2.63. The molecule has 0 saturated heterocycles. The second kappa shape index (κ2) is 12.7. The Bertz CT molecular complexity index is 615. The zero-order valence-electron chi connectivity index (χ0n) is 16.2. The number of nitrogens with zero attached hydrogens (tertiary/aromatic N) is 1. The predicted octanol–water partition coefficient (Wildman–Crippen LogP) is 3.38. The normalized spacial score (nSPS) is 22.4. The molecule has 4 unspecified atom stereocenters. The minimum atomic E-state index is -0.741. The van der Waals surface area contributed by atoms with Crippen molar-refractivity contribution in [1.29, 1.82) is 0 Å². The summed E-state index contributed by atoms with van der Waals surface area (Å²) in [6.45, 7) is 2.51. The Morgan fingerprint density at radius 3 is 2.67 bits per heavy atom. The Labute approximate surface area is 181 Å². The van der Waals surface area contributed by atoms with Crippen molar-refractivity contribution in [2.24, 2.45) is 4.99 Å². The quantitative estimate of drug-likeness (QED) is 0.335. The van der Waals surface area contributed by atoms with Gasteiger partial charge in [-0.2, -0.15) is 0 Å². The van der Waals surface area contributed by atoms with Crippen LogP contribution in [0.2, 0.25) is 0 Å². The van der Waals surface area contributed by atoms with Crippen LogP contribution in [0.5, 0.6) is 0 Å². The highest BCUT2D eigenvalue weighted by molar-refractivity contribution is 14.0. The van der Waals surface area contributed by atoms with E-state index in [4.69, 9.17) is 4.74 Å². The number of hydrogen-bond donors (Lipinski definition) is 2. The van der Waals surface area contributed by atoms with E-state index >= 15 is 0 Å². The Morgan fingerprint density at radius 2 is 2.07 bits per heavy atom. The van der Waals surface area contributed by atoms with Crippen molar-refractivity contribution in [2.75, 3.05) is 26.5 Å². The molecule has 0 aromatic heterocycles. The van der Waals surface area contributed by atoms with Gasteiger partial charge in [0, 0.05) is 48.5 Å². The van der Waals surface area contributed by atoms with Crippen molar-refractivity contribution >= 4 is 40.7 Å². The van der Waals surface area contributed by atoms with Crippen molar-refractivity contribution in [3.63, 3.8) is 0 Å². The van der Waals surface area contributed by atoms with Gasteiger partial charge in [0.1, 0.15) is 5.82 Å². The Morgan fingerprint density at radius 1 is 1.37 bits per heavy atom. The van der Waals surface area contributed by atoms with Gasteiger partial charge in [-0.15, -0.1) is 24.0 Å². The van der Waals surface area contributed by atoms with Crippen LogP contribution in [-0.2, 0) is 15.5 Å². The number of benzene rings is 1. The first-order valence-electron chi connectivity index (χ1n) is 9.20. The fourth-order valence-electron chi connectivity index (χ4n) is 3.34. The number of hydrogen-bond acceptors (Lipinski definition) is 3. The van der Waals surface area contributed by atoms with E-state index in [0.717, 1.165) is 37.0 Å². The molecule has 0 radical (unpaired) electrons. The van der Waals surface area contributed by atoms with E-state index in [-0.39, 0.29) is 47.2 Å². The van der Waals surface area contributed by atoms with Crippen LogP contribution < -0.4 is 10.6 Å². The highest BCUT2D eigenvalue weighted by atomic mass is 127. The molecule has 5 nitrogen and oxygen atoms in total. The molecule has 27 heavy (non-hydrogen) atoms. The SMILES string of the molecule is CCS(=O)C1CCCC(NC(=NC)NCC(OC)c2ccc(F)cc2)C1.I. The number of halogens is 2. The van der Waals surface area contributed by atoms with E-state index in [1.165, 1.54) is 12.1 Å². The van der Waals surface area contributed by atoms with E-state index in [2.05, 4.69) is 15.6 Å². The zero-order chi connectivity index (χ0) is 18.9. The van der Waals surface area contributed by atoms with Crippen molar-refractivity contribution in [3.8, 4) is 0 Å². The summed E-state index contributed by atoms with van der Waals surface area (Å²) >= 11 is 0. The lowest BCUT2D eigenvalue weighted by atomic mass is 9.95. The van der Waals surface area contributed by atoms with Gasteiger partial charge in [0.15, 0.2) is 5.96 Å². The molecule has 8 heteroatoms. The first-order chi connectivity index (χ1) is 12.6. The first kappa shape index (κ1) is 24.3. The second-order valence-electron chi connectivity index (χ2n) is 6.53. The number of guanidine groups is 1. The van der Waals surface area contributed by atoms with Crippen LogP contribution in [0, 0.1) is 5.82 Å². The van der Waals surface area contributed by atoms with Crippen LogP contribution >= 0.6 is 24.0 Å². The summed E-state index contributed by atoms with van der Waals surface area (Å²) in [6, 6.07) is 6.61. The van der Waals surface area contributed by atoms with Crippen molar-refractivity contribution < 1.29 is 13.3 Å². The third-order valence-corrected chi connectivity index (χ3v) is 6.57. The van der Waals surface area contributed by atoms with Gasteiger partial charge in [0.25, 0.3) is 0 Å². The van der Waals surface area contributed by atoms with Gasteiger partial charge >= 0.3 is 0 Å². The van der Waals surface area contributed by atoms with Crippen LogP contribution in [0.15, 0.2) is 29.3 Å². The molecular formula is C19H31FIN3O2S.